The first kappa shape index (κ1) is 22.1. The van der Waals surface area contributed by atoms with Gasteiger partial charge in [0, 0.05) is 31.9 Å². The largest absolute Gasteiger partial charge is 0.488 e. The van der Waals surface area contributed by atoms with Gasteiger partial charge in [-0.3, -0.25) is 4.79 Å². The Morgan fingerprint density at radius 1 is 1.12 bits per heavy atom. The number of nitrogens with zero attached hydrogens (tertiary/aromatic N) is 3. The third-order valence-electron chi connectivity index (χ3n) is 6.38. The van der Waals surface area contributed by atoms with Gasteiger partial charge in [0.25, 0.3) is 5.91 Å². The highest BCUT2D eigenvalue weighted by Gasteiger charge is 2.33. The maximum Gasteiger partial charge on any atom is 0.304 e. The lowest BCUT2D eigenvalue weighted by atomic mass is 10.0. The van der Waals surface area contributed by atoms with Crippen molar-refractivity contribution in [2.45, 2.75) is 44.1 Å². The molecule has 1 aromatic carbocycles. The van der Waals surface area contributed by atoms with E-state index >= 15 is 0 Å². The van der Waals surface area contributed by atoms with Crippen LogP contribution in [0.3, 0.4) is 0 Å². The summed E-state index contributed by atoms with van der Waals surface area (Å²) < 4.78 is 48.9. The van der Waals surface area contributed by atoms with Crippen LogP contribution in [-0.4, -0.2) is 55.9 Å². The van der Waals surface area contributed by atoms with E-state index in [9.17, 15) is 17.6 Å². The van der Waals surface area contributed by atoms with E-state index in [4.69, 9.17) is 4.74 Å². The van der Waals surface area contributed by atoms with Crippen molar-refractivity contribution >= 4 is 21.9 Å². The van der Waals surface area contributed by atoms with Gasteiger partial charge < -0.3 is 9.64 Å². The summed E-state index contributed by atoms with van der Waals surface area (Å²) in [4.78, 5) is 19.2. The maximum atomic E-state index is 15.0. The number of aromatic nitrogens is 1. The minimum Gasteiger partial charge on any atom is -0.488 e. The third kappa shape index (κ3) is 4.81. The zero-order chi connectivity index (χ0) is 23.0. The lowest BCUT2D eigenvalue weighted by molar-refractivity contribution is 0.0973. The molecule has 1 saturated carbocycles. The molecule has 3 aliphatic rings. The van der Waals surface area contributed by atoms with Crippen LogP contribution < -0.4 is 14.4 Å². The van der Waals surface area contributed by atoms with Crippen molar-refractivity contribution in [1.29, 1.82) is 0 Å². The second-order valence-electron chi connectivity index (χ2n) is 8.85. The normalized spacial score (nSPS) is 21.4. The highest BCUT2D eigenvalue weighted by molar-refractivity contribution is 7.87. The fraction of sp³-hybridized carbons (Fsp3) is 0.478. The molecule has 3 fully saturated rings. The van der Waals surface area contributed by atoms with Crippen LogP contribution in [0, 0.1) is 5.82 Å². The van der Waals surface area contributed by atoms with E-state index in [0.717, 1.165) is 50.0 Å². The molecule has 1 atom stereocenters. The number of carbonyl (C=O) groups is 1. The fourth-order valence-corrected chi connectivity index (χ4v) is 5.50. The van der Waals surface area contributed by atoms with Gasteiger partial charge in [-0.05, 0) is 61.8 Å². The molecular weight excluding hydrogens is 447 g/mol. The number of anilines is 1. The number of carbonyl (C=O) groups excluding carboxylic acids is 1. The molecule has 1 aromatic heterocycles. The summed E-state index contributed by atoms with van der Waals surface area (Å²) in [5.74, 6) is -0.232. The number of rotatable bonds is 7. The monoisotopic (exact) mass is 474 g/mol. The smallest absolute Gasteiger partial charge is 0.304 e. The number of nitrogens with one attached hydrogen (secondary N) is 1. The van der Waals surface area contributed by atoms with Gasteiger partial charge >= 0.3 is 10.2 Å². The van der Waals surface area contributed by atoms with Gasteiger partial charge in [-0.2, -0.15) is 12.7 Å². The van der Waals surface area contributed by atoms with E-state index in [-0.39, 0.29) is 17.6 Å². The predicted octanol–water partition coefficient (Wildman–Crippen LogP) is 2.83. The lowest BCUT2D eigenvalue weighted by Gasteiger charge is -2.34. The molecule has 176 valence electrons. The average Bonchev–Trinajstić information content (AvgIpc) is 3.58. The second-order valence-corrected chi connectivity index (χ2v) is 10.5. The molecule has 10 heteroatoms. The van der Waals surface area contributed by atoms with Crippen molar-refractivity contribution in [3.8, 4) is 5.75 Å². The van der Waals surface area contributed by atoms with Crippen LogP contribution in [0.2, 0.25) is 0 Å². The molecule has 8 nitrogen and oxygen atoms in total. The molecule has 33 heavy (non-hydrogen) atoms. The fourth-order valence-electron chi connectivity index (χ4n) is 4.29. The van der Waals surface area contributed by atoms with Gasteiger partial charge in [0.1, 0.15) is 23.5 Å². The Balaban J connectivity index is 1.34. The molecule has 3 heterocycles. The predicted molar refractivity (Wildman–Crippen MR) is 121 cm³/mol. The quantitative estimate of drug-likeness (QED) is 0.664. The first-order valence-electron chi connectivity index (χ1n) is 11.4. The second kappa shape index (κ2) is 8.90. The number of amides is 1. The molecule has 2 aromatic rings. The van der Waals surface area contributed by atoms with E-state index in [1.54, 1.807) is 6.20 Å². The van der Waals surface area contributed by atoms with E-state index in [2.05, 4.69) is 9.88 Å². The van der Waals surface area contributed by atoms with Crippen molar-refractivity contribution in [2.24, 2.45) is 0 Å². The molecule has 2 aliphatic heterocycles. The molecular formula is C23H27FN4O4S. The maximum absolute atomic E-state index is 15.0. The summed E-state index contributed by atoms with van der Waals surface area (Å²) in [5, 5.41) is 0. The van der Waals surface area contributed by atoms with E-state index in [1.807, 2.05) is 22.9 Å². The Hall–Kier alpha value is -2.72. The topological polar surface area (TPSA) is 91.8 Å². The third-order valence-corrected chi connectivity index (χ3v) is 7.87. The Morgan fingerprint density at radius 2 is 1.94 bits per heavy atom. The zero-order valence-electron chi connectivity index (χ0n) is 18.2. The molecule has 0 spiro atoms. The SMILES string of the molecule is O=C(NS(=O)(=O)N1CCC1)c1cc(C2CC2)c(O[C@@H]2CCCN(c3ccccn3)C2)cc1F. The van der Waals surface area contributed by atoms with Crippen LogP contribution in [0.25, 0.3) is 0 Å². The lowest BCUT2D eigenvalue weighted by Crippen LogP contribution is -2.49. The van der Waals surface area contributed by atoms with E-state index < -0.39 is 21.9 Å². The highest BCUT2D eigenvalue weighted by Crippen LogP contribution is 2.45. The summed E-state index contributed by atoms with van der Waals surface area (Å²) in [7, 11) is -3.95. The number of benzene rings is 1. The average molecular weight is 475 g/mol. The number of halogens is 1. The summed E-state index contributed by atoms with van der Waals surface area (Å²) in [5.41, 5.74) is 0.491. The number of ether oxygens (including phenoxy) is 1. The molecule has 0 bridgehead atoms. The molecule has 5 rings (SSSR count). The Morgan fingerprint density at radius 3 is 2.61 bits per heavy atom. The molecule has 2 saturated heterocycles. The highest BCUT2D eigenvalue weighted by atomic mass is 32.2. The van der Waals surface area contributed by atoms with E-state index in [0.29, 0.717) is 25.4 Å². The van der Waals surface area contributed by atoms with Gasteiger partial charge in [-0.25, -0.2) is 14.1 Å². The van der Waals surface area contributed by atoms with Crippen LogP contribution in [0.5, 0.6) is 5.75 Å². The Labute approximate surface area is 192 Å². The number of hydrogen-bond donors (Lipinski definition) is 1. The van der Waals surface area contributed by atoms with Gasteiger partial charge in [-0.15, -0.1) is 0 Å². The Kier molecular flexibility index (Phi) is 5.96. The minimum atomic E-state index is -3.95. The minimum absolute atomic E-state index is 0.135. The molecule has 1 amide bonds. The standard InChI is InChI=1S/C23H27FN4O4S/c24-20-14-21(32-17-5-3-10-27(15-17)22-6-1-2-9-25-22)18(16-7-8-16)13-19(20)23(29)26-33(30,31)28-11-4-12-28/h1-2,6,9,13-14,16-17H,3-5,7-8,10-12,15H2,(H,26,29)/t17-/m1/s1. The summed E-state index contributed by atoms with van der Waals surface area (Å²) in [6.45, 7) is 2.24. The molecule has 0 radical (unpaired) electrons. The molecule has 0 unspecified atom stereocenters. The van der Waals surface area contributed by atoms with Crippen LogP contribution in [0.4, 0.5) is 10.2 Å². The van der Waals surface area contributed by atoms with Gasteiger partial charge in [0.15, 0.2) is 0 Å². The first-order chi connectivity index (χ1) is 15.9. The van der Waals surface area contributed by atoms with Crippen molar-refractivity contribution in [3.05, 3.63) is 53.5 Å². The van der Waals surface area contributed by atoms with Crippen LogP contribution in [0.15, 0.2) is 36.5 Å². The first-order valence-corrected chi connectivity index (χ1v) is 12.8. The van der Waals surface area contributed by atoms with Crippen molar-refractivity contribution in [3.63, 3.8) is 0 Å². The molecule has 1 N–H and O–H groups in total. The van der Waals surface area contributed by atoms with E-state index in [1.165, 1.54) is 16.4 Å². The number of hydrogen-bond acceptors (Lipinski definition) is 6. The number of pyridine rings is 1. The van der Waals surface area contributed by atoms with Crippen molar-refractivity contribution in [1.82, 2.24) is 14.0 Å². The summed E-state index contributed by atoms with van der Waals surface area (Å²) in [6, 6.07) is 8.47. The number of piperidine rings is 1. The van der Waals surface area contributed by atoms with Gasteiger partial charge in [-0.1, -0.05) is 6.07 Å². The Bertz CT molecular complexity index is 1140. The van der Waals surface area contributed by atoms with Gasteiger partial charge in [0.05, 0.1) is 12.1 Å². The zero-order valence-corrected chi connectivity index (χ0v) is 19.1. The van der Waals surface area contributed by atoms with Crippen LogP contribution in [-0.2, 0) is 10.2 Å². The van der Waals surface area contributed by atoms with Crippen molar-refractivity contribution < 1.29 is 22.3 Å². The summed E-state index contributed by atoms with van der Waals surface area (Å²) in [6.07, 6.45) is 6.00. The van der Waals surface area contributed by atoms with Crippen molar-refractivity contribution in [2.75, 3.05) is 31.1 Å². The van der Waals surface area contributed by atoms with Gasteiger partial charge in [0.2, 0.25) is 0 Å². The molecule has 1 aliphatic carbocycles. The summed E-state index contributed by atoms with van der Waals surface area (Å²) >= 11 is 0. The van der Waals surface area contributed by atoms with Crippen LogP contribution in [0.1, 0.15) is 53.9 Å². The van der Waals surface area contributed by atoms with Crippen LogP contribution >= 0.6 is 0 Å².